The van der Waals surface area contributed by atoms with Crippen LogP contribution in [0.3, 0.4) is 0 Å². The van der Waals surface area contributed by atoms with Gasteiger partial charge in [0.1, 0.15) is 0 Å². The van der Waals surface area contributed by atoms with Crippen molar-refractivity contribution in [3.8, 4) is 68.8 Å². The standard InChI is InChI=1S/C54H30F3N7/c55-54(56,57)38-22-26-49(63-45-17-9-7-15-39(45)42-27-33(31-58)19-24-47(42)63)44(30-38)41-23-21-37(29-50(41)64-46-18-10-8-16-40(46)43-28-34(32-59)20-25-48(43)64)53-61-51(35-11-3-1-4-12-35)60-52(62-53)36-13-5-2-6-14-36/h1-30H. The molecular weight excluding hydrogens is 804 g/mol. The minimum atomic E-state index is -4.66. The van der Waals surface area contributed by atoms with Gasteiger partial charge in [0.2, 0.25) is 0 Å². The Balaban J connectivity index is 1.26. The number of para-hydroxylation sites is 2. The highest BCUT2D eigenvalue weighted by Gasteiger charge is 2.32. The van der Waals surface area contributed by atoms with Crippen molar-refractivity contribution in [1.29, 1.82) is 10.5 Å². The van der Waals surface area contributed by atoms with Crippen molar-refractivity contribution in [2.75, 3.05) is 0 Å². The Kier molecular flexibility index (Phi) is 8.89. The average Bonchev–Trinajstić information content (AvgIpc) is 3.85. The largest absolute Gasteiger partial charge is 0.416 e. The molecular formula is C54H30F3N7. The molecule has 8 aromatic carbocycles. The molecule has 0 aliphatic heterocycles. The molecule has 10 heteroatoms. The van der Waals surface area contributed by atoms with Gasteiger partial charge in [0.25, 0.3) is 0 Å². The van der Waals surface area contributed by atoms with Gasteiger partial charge >= 0.3 is 6.18 Å². The summed E-state index contributed by atoms with van der Waals surface area (Å²) in [6, 6.07) is 59.5. The van der Waals surface area contributed by atoms with Crippen molar-refractivity contribution in [2.24, 2.45) is 0 Å². The molecule has 0 radical (unpaired) electrons. The fourth-order valence-electron chi connectivity index (χ4n) is 8.75. The Hall–Kier alpha value is -8.86. The molecule has 3 aromatic heterocycles. The van der Waals surface area contributed by atoms with E-state index in [0.29, 0.717) is 56.7 Å². The zero-order valence-electron chi connectivity index (χ0n) is 33.6. The zero-order valence-corrected chi connectivity index (χ0v) is 33.6. The number of hydrogen-bond donors (Lipinski definition) is 0. The van der Waals surface area contributed by atoms with Crippen molar-refractivity contribution in [3.05, 3.63) is 199 Å². The number of nitrogens with zero attached hydrogens (tertiary/aromatic N) is 7. The lowest BCUT2D eigenvalue weighted by Crippen LogP contribution is -2.08. The van der Waals surface area contributed by atoms with Crippen LogP contribution >= 0.6 is 0 Å². The van der Waals surface area contributed by atoms with E-state index in [1.54, 1.807) is 12.1 Å². The smallest absolute Gasteiger partial charge is 0.309 e. The van der Waals surface area contributed by atoms with Crippen molar-refractivity contribution in [1.82, 2.24) is 24.1 Å². The summed E-state index contributed by atoms with van der Waals surface area (Å²) in [4.78, 5) is 14.9. The van der Waals surface area contributed by atoms with Crippen LogP contribution in [0.1, 0.15) is 16.7 Å². The fraction of sp³-hybridized carbons (Fsp3) is 0.0185. The average molecular weight is 834 g/mol. The molecule has 0 saturated heterocycles. The van der Waals surface area contributed by atoms with Crippen LogP contribution in [0.4, 0.5) is 13.2 Å². The Morgan fingerprint density at radius 3 is 1.38 bits per heavy atom. The third kappa shape index (κ3) is 6.32. The predicted molar refractivity (Wildman–Crippen MR) is 245 cm³/mol. The molecule has 0 aliphatic rings. The van der Waals surface area contributed by atoms with E-state index >= 15 is 0 Å². The lowest BCUT2D eigenvalue weighted by molar-refractivity contribution is -0.137. The monoisotopic (exact) mass is 833 g/mol. The van der Waals surface area contributed by atoms with Gasteiger partial charge < -0.3 is 9.13 Å². The number of halogens is 3. The Bertz CT molecular complexity index is 3690. The molecule has 3 heterocycles. The van der Waals surface area contributed by atoms with Crippen molar-refractivity contribution in [2.45, 2.75) is 6.18 Å². The minimum Gasteiger partial charge on any atom is -0.309 e. The molecule has 302 valence electrons. The van der Waals surface area contributed by atoms with Crippen LogP contribution in [-0.4, -0.2) is 24.1 Å². The van der Waals surface area contributed by atoms with Crippen molar-refractivity contribution < 1.29 is 13.2 Å². The van der Waals surface area contributed by atoms with Crippen molar-refractivity contribution >= 4 is 43.6 Å². The van der Waals surface area contributed by atoms with Gasteiger partial charge in [-0.3, -0.25) is 0 Å². The SMILES string of the molecule is N#Cc1ccc2c(c1)c1ccccc1n2-c1ccc(C(F)(F)F)cc1-c1ccc(-c2nc(-c3ccccc3)nc(-c3ccccc3)n2)cc1-n1c2ccccc2c2cc(C#N)ccc21. The zero-order chi connectivity index (χ0) is 43.5. The summed E-state index contributed by atoms with van der Waals surface area (Å²) in [7, 11) is 0. The summed E-state index contributed by atoms with van der Waals surface area (Å²) in [5.41, 5.74) is 7.21. The summed E-state index contributed by atoms with van der Waals surface area (Å²) >= 11 is 0. The molecule has 7 nitrogen and oxygen atoms in total. The highest BCUT2D eigenvalue weighted by atomic mass is 19.4. The minimum absolute atomic E-state index is 0.313. The first-order valence-corrected chi connectivity index (χ1v) is 20.4. The van der Waals surface area contributed by atoms with Crippen LogP contribution in [0.2, 0.25) is 0 Å². The van der Waals surface area contributed by atoms with E-state index < -0.39 is 11.7 Å². The van der Waals surface area contributed by atoms with Gasteiger partial charge in [0.15, 0.2) is 17.5 Å². The van der Waals surface area contributed by atoms with E-state index in [1.165, 1.54) is 12.1 Å². The summed E-state index contributed by atoms with van der Waals surface area (Å²) in [5.74, 6) is 1.29. The topological polar surface area (TPSA) is 96.1 Å². The predicted octanol–water partition coefficient (Wildman–Crippen LogP) is 13.5. The van der Waals surface area contributed by atoms with Crippen LogP contribution in [-0.2, 0) is 6.18 Å². The van der Waals surface area contributed by atoms with Crippen LogP contribution in [0.5, 0.6) is 0 Å². The number of benzene rings is 8. The first-order valence-electron chi connectivity index (χ1n) is 20.4. The van der Waals surface area contributed by atoms with Crippen LogP contribution < -0.4 is 0 Å². The normalized spacial score (nSPS) is 11.6. The maximum atomic E-state index is 15.0. The molecule has 0 amide bonds. The molecule has 0 saturated carbocycles. The summed E-state index contributed by atoms with van der Waals surface area (Å²) in [6.07, 6.45) is -4.66. The second-order valence-electron chi connectivity index (χ2n) is 15.4. The number of alkyl halides is 3. The van der Waals surface area contributed by atoms with Gasteiger partial charge in [-0.05, 0) is 72.8 Å². The van der Waals surface area contributed by atoms with Crippen LogP contribution in [0.15, 0.2) is 182 Å². The number of fused-ring (bicyclic) bond motifs is 6. The number of nitriles is 2. The van der Waals surface area contributed by atoms with Gasteiger partial charge in [0, 0.05) is 49.4 Å². The highest BCUT2D eigenvalue weighted by molar-refractivity contribution is 6.12. The lowest BCUT2D eigenvalue weighted by atomic mass is 9.96. The lowest BCUT2D eigenvalue weighted by Gasteiger charge is -2.21. The summed E-state index contributed by atoms with van der Waals surface area (Å²) < 4.78 is 48.9. The first-order chi connectivity index (χ1) is 31.3. The van der Waals surface area contributed by atoms with E-state index in [9.17, 15) is 23.7 Å². The summed E-state index contributed by atoms with van der Waals surface area (Å²) in [5, 5.41) is 23.1. The Labute approximate surface area is 363 Å². The van der Waals surface area contributed by atoms with E-state index in [-0.39, 0.29) is 0 Å². The second-order valence-corrected chi connectivity index (χ2v) is 15.4. The van der Waals surface area contributed by atoms with Gasteiger partial charge in [-0.25, -0.2) is 15.0 Å². The maximum Gasteiger partial charge on any atom is 0.416 e. The molecule has 0 aliphatic carbocycles. The molecule has 64 heavy (non-hydrogen) atoms. The Morgan fingerprint density at radius 2 is 0.859 bits per heavy atom. The highest BCUT2D eigenvalue weighted by Crippen LogP contribution is 2.44. The molecule has 11 rings (SSSR count). The molecule has 11 aromatic rings. The van der Waals surface area contributed by atoms with Crippen LogP contribution in [0, 0.1) is 22.7 Å². The quantitative estimate of drug-likeness (QED) is 0.166. The van der Waals surface area contributed by atoms with Gasteiger partial charge in [-0.15, -0.1) is 0 Å². The maximum absolute atomic E-state index is 15.0. The van der Waals surface area contributed by atoms with E-state index in [0.717, 1.165) is 60.8 Å². The fourth-order valence-corrected chi connectivity index (χ4v) is 8.75. The Morgan fingerprint density at radius 1 is 0.391 bits per heavy atom. The second kappa shape index (κ2) is 14.9. The molecule has 0 bridgehead atoms. The van der Waals surface area contributed by atoms with Gasteiger partial charge in [-0.1, -0.05) is 109 Å². The number of hydrogen-bond acceptors (Lipinski definition) is 5. The van der Waals surface area contributed by atoms with Crippen LogP contribution in [0.25, 0.3) is 100 Å². The van der Waals surface area contributed by atoms with Gasteiger partial charge in [-0.2, -0.15) is 23.7 Å². The molecule has 0 fully saturated rings. The van der Waals surface area contributed by atoms with E-state index in [1.807, 2.05) is 161 Å². The van der Waals surface area contributed by atoms with E-state index in [4.69, 9.17) is 15.0 Å². The molecule has 0 spiro atoms. The first kappa shape index (κ1) is 38.1. The number of rotatable bonds is 6. The van der Waals surface area contributed by atoms with Crippen molar-refractivity contribution in [3.63, 3.8) is 0 Å². The number of aromatic nitrogens is 5. The molecule has 0 unspecified atom stereocenters. The summed E-state index contributed by atoms with van der Waals surface area (Å²) in [6.45, 7) is 0. The van der Waals surface area contributed by atoms with Gasteiger partial charge in [0.05, 0.1) is 62.3 Å². The third-order valence-electron chi connectivity index (χ3n) is 11.7. The molecule has 0 atom stereocenters. The van der Waals surface area contributed by atoms with E-state index in [2.05, 4.69) is 12.1 Å². The molecule has 0 N–H and O–H groups in total. The third-order valence-corrected chi connectivity index (χ3v) is 11.7.